The van der Waals surface area contributed by atoms with Crippen molar-refractivity contribution in [3.05, 3.63) is 35.9 Å². The third-order valence-corrected chi connectivity index (χ3v) is 7.55. The first-order valence-electron chi connectivity index (χ1n) is 16.5. The largest absolute Gasteiger partial charge is 0.462 e. The summed E-state index contributed by atoms with van der Waals surface area (Å²) in [6.45, 7) is 4.77. The molecule has 39 heavy (non-hydrogen) atoms. The van der Waals surface area contributed by atoms with Crippen LogP contribution in [0, 0.1) is 0 Å². The molecule has 0 N–H and O–H groups in total. The summed E-state index contributed by atoms with van der Waals surface area (Å²) in [7, 11) is 0. The molecule has 0 fully saturated rings. The number of carbonyl (C=O) groups excluding carboxylic acids is 2. The lowest BCUT2D eigenvalue weighted by molar-refractivity contribution is -0.156. The van der Waals surface area contributed by atoms with Crippen molar-refractivity contribution in [3.8, 4) is 0 Å². The Balaban J connectivity index is 2.27. The molecule has 0 heterocycles. The van der Waals surface area contributed by atoms with Crippen molar-refractivity contribution in [1.82, 2.24) is 0 Å². The number of benzene rings is 1. The fraction of sp³-hybridized carbons (Fsp3) is 0.771. The molecule has 0 radical (unpaired) electrons. The number of hydrogen-bond donors (Lipinski definition) is 0. The van der Waals surface area contributed by atoms with Gasteiger partial charge >= 0.3 is 11.9 Å². The number of esters is 2. The number of carbonyl (C=O) groups is 2. The van der Waals surface area contributed by atoms with Crippen LogP contribution >= 0.6 is 0 Å². The Bertz CT molecular complexity index is 687. The Hall–Kier alpha value is -1.84. The molecule has 4 nitrogen and oxygen atoms in total. The molecule has 224 valence electrons. The molecule has 0 amide bonds. The number of rotatable bonds is 27. The Morgan fingerprint density at radius 1 is 0.590 bits per heavy atom. The van der Waals surface area contributed by atoms with Crippen LogP contribution in [0.2, 0.25) is 0 Å². The minimum Gasteiger partial charge on any atom is -0.462 e. The lowest BCUT2D eigenvalue weighted by atomic mass is 10.0. The first kappa shape index (κ1) is 35.2. The highest BCUT2D eigenvalue weighted by Crippen LogP contribution is 2.17. The fourth-order valence-electron chi connectivity index (χ4n) is 5.05. The molecule has 0 unspecified atom stereocenters. The maximum atomic E-state index is 12.6. The summed E-state index contributed by atoms with van der Waals surface area (Å²) < 4.78 is 11.3. The van der Waals surface area contributed by atoms with Gasteiger partial charge in [-0.05, 0) is 24.8 Å². The van der Waals surface area contributed by atoms with Gasteiger partial charge in [0.25, 0.3) is 0 Å². The number of hydrogen-bond acceptors (Lipinski definition) is 4. The third kappa shape index (κ3) is 22.7. The van der Waals surface area contributed by atoms with Crippen molar-refractivity contribution in [3.63, 3.8) is 0 Å². The van der Waals surface area contributed by atoms with Crippen LogP contribution in [0.1, 0.15) is 167 Å². The minimum absolute atomic E-state index is 0.147. The molecule has 0 aliphatic heterocycles. The van der Waals surface area contributed by atoms with E-state index in [-0.39, 0.29) is 31.1 Å². The van der Waals surface area contributed by atoms with E-state index in [0.717, 1.165) is 37.7 Å². The minimum atomic E-state index is -0.377. The van der Waals surface area contributed by atoms with Crippen molar-refractivity contribution in [2.45, 2.75) is 174 Å². The zero-order chi connectivity index (χ0) is 28.2. The molecule has 1 atom stereocenters. The van der Waals surface area contributed by atoms with Crippen LogP contribution in [-0.2, 0) is 25.7 Å². The Morgan fingerprint density at radius 2 is 1.05 bits per heavy atom. The van der Waals surface area contributed by atoms with Crippen LogP contribution < -0.4 is 0 Å². The van der Waals surface area contributed by atoms with Crippen molar-refractivity contribution in [1.29, 1.82) is 0 Å². The average molecular weight is 545 g/mol. The molecule has 0 saturated carbocycles. The van der Waals surface area contributed by atoms with Gasteiger partial charge in [-0.2, -0.15) is 0 Å². The van der Waals surface area contributed by atoms with Crippen molar-refractivity contribution >= 4 is 11.9 Å². The van der Waals surface area contributed by atoms with Crippen LogP contribution in [0.25, 0.3) is 0 Å². The van der Waals surface area contributed by atoms with Gasteiger partial charge in [-0.15, -0.1) is 0 Å². The summed E-state index contributed by atoms with van der Waals surface area (Å²) in [5.74, 6) is -0.454. The maximum Gasteiger partial charge on any atom is 0.309 e. The predicted octanol–water partition coefficient (Wildman–Crippen LogP) is 10.7. The highest BCUT2D eigenvalue weighted by atomic mass is 16.6. The number of unbranched alkanes of at least 4 members (excludes halogenated alkanes) is 18. The van der Waals surface area contributed by atoms with Crippen molar-refractivity contribution < 1.29 is 19.1 Å². The average Bonchev–Trinajstić information content (AvgIpc) is 2.94. The molecular weight excluding hydrogens is 484 g/mol. The first-order valence-corrected chi connectivity index (χ1v) is 16.5. The van der Waals surface area contributed by atoms with Gasteiger partial charge in [0.2, 0.25) is 0 Å². The standard InChI is InChI=1S/C35H60O4/c1-3-5-7-9-11-13-14-16-18-20-25-29-34(36)39-33(28-24-19-17-15-12-10-8-6-4-2)30-35(37)38-31-32-26-22-21-23-27-32/h21-23,26-27,33H,3-20,24-25,28-31H2,1-2H3/t33-/m1/s1. The molecule has 0 aliphatic rings. The second kappa shape index (κ2) is 26.4. The van der Waals surface area contributed by atoms with E-state index < -0.39 is 0 Å². The van der Waals surface area contributed by atoms with E-state index in [2.05, 4.69) is 13.8 Å². The SMILES string of the molecule is CCCCCCCCCCCCCC(=O)O[C@H](CCCCCCCCCCC)CC(=O)OCc1ccccc1. The smallest absolute Gasteiger partial charge is 0.309 e. The van der Waals surface area contributed by atoms with Crippen LogP contribution in [0.15, 0.2) is 30.3 Å². The number of ether oxygens (including phenoxy) is 2. The van der Waals surface area contributed by atoms with E-state index in [1.165, 1.54) is 103 Å². The Labute approximate surface area is 241 Å². The van der Waals surface area contributed by atoms with Crippen LogP contribution in [-0.4, -0.2) is 18.0 Å². The van der Waals surface area contributed by atoms with Crippen molar-refractivity contribution in [2.24, 2.45) is 0 Å². The van der Waals surface area contributed by atoms with Gasteiger partial charge in [-0.3, -0.25) is 9.59 Å². The third-order valence-electron chi connectivity index (χ3n) is 7.55. The molecule has 0 spiro atoms. The molecule has 4 heteroatoms. The van der Waals surface area contributed by atoms with Gasteiger partial charge in [0.05, 0.1) is 6.42 Å². The molecule has 1 aromatic carbocycles. The molecule has 1 aromatic rings. The van der Waals surface area contributed by atoms with Gasteiger partial charge < -0.3 is 9.47 Å². The predicted molar refractivity (Wildman–Crippen MR) is 164 cm³/mol. The molecule has 0 aromatic heterocycles. The monoisotopic (exact) mass is 544 g/mol. The van der Waals surface area contributed by atoms with Gasteiger partial charge in [0, 0.05) is 6.42 Å². The highest BCUT2D eigenvalue weighted by molar-refractivity contribution is 5.72. The highest BCUT2D eigenvalue weighted by Gasteiger charge is 2.19. The quantitative estimate of drug-likeness (QED) is 0.0816. The maximum absolute atomic E-state index is 12.6. The second-order valence-corrected chi connectivity index (χ2v) is 11.4. The lowest BCUT2D eigenvalue weighted by Gasteiger charge is -2.17. The van der Waals surface area contributed by atoms with E-state index in [1.54, 1.807) is 0 Å². The van der Waals surface area contributed by atoms with Gasteiger partial charge in [-0.1, -0.05) is 160 Å². The molecular formula is C35H60O4. The Kier molecular flexibility index (Phi) is 23.8. The van der Waals surface area contributed by atoms with E-state index in [4.69, 9.17) is 9.47 Å². The van der Waals surface area contributed by atoms with Crippen LogP contribution in [0.5, 0.6) is 0 Å². The van der Waals surface area contributed by atoms with E-state index in [0.29, 0.717) is 6.42 Å². The van der Waals surface area contributed by atoms with E-state index >= 15 is 0 Å². The van der Waals surface area contributed by atoms with E-state index in [9.17, 15) is 9.59 Å². The van der Waals surface area contributed by atoms with Gasteiger partial charge in [0.1, 0.15) is 12.7 Å². The second-order valence-electron chi connectivity index (χ2n) is 11.4. The Morgan fingerprint density at radius 3 is 1.56 bits per heavy atom. The summed E-state index contributed by atoms with van der Waals surface area (Å²) in [5, 5.41) is 0. The fourth-order valence-corrected chi connectivity index (χ4v) is 5.05. The van der Waals surface area contributed by atoms with Gasteiger partial charge in [-0.25, -0.2) is 0 Å². The van der Waals surface area contributed by atoms with Crippen LogP contribution in [0.3, 0.4) is 0 Å². The zero-order valence-electron chi connectivity index (χ0n) is 25.6. The zero-order valence-corrected chi connectivity index (χ0v) is 25.6. The first-order chi connectivity index (χ1) is 19.2. The molecule has 1 rings (SSSR count). The normalized spacial score (nSPS) is 11.8. The summed E-state index contributed by atoms with van der Waals surface area (Å²) in [4.78, 5) is 25.1. The van der Waals surface area contributed by atoms with Crippen LogP contribution in [0.4, 0.5) is 0 Å². The van der Waals surface area contributed by atoms with Gasteiger partial charge in [0.15, 0.2) is 0 Å². The topological polar surface area (TPSA) is 52.6 Å². The lowest BCUT2D eigenvalue weighted by Crippen LogP contribution is -2.23. The summed E-state index contributed by atoms with van der Waals surface area (Å²) in [6.07, 6.45) is 26.0. The molecule has 0 saturated heterocycles. The summed E-state index contributed by atoms with van der Waals surface area (Å²) >= 11 is 0. The van der Waals surface area contributed by atoms with E-state index in [1.807, 2.05) is 30.3 Å². The molecule has 0 aliphatic carbocycles. The summed E-state index contributed by atoms with van der Waals surface area (Å²) in [5.41, 5.74) is 0.967. The van der Waals surface area contributed by atoms with Crippen molar-refractivity contribution in [2.75, 3.05) is 0 Å². The summed E-state index contributed by atoms with van der Waals surface area (Å²) in [6, 6.07) is 9.71. The molecule has 0 bridgehead atoms.